The minimum Gasteiger partial charge on any atom is -0.344 e. The molecule has 1 aliphatic rings. The molecule has 0 unspecified atom stereocenters. The van der Waals surface area contributed by atoms with Crippen molar-refractivity contribution in [3.63, 3.8) is 0 Å². The molecular weight excluding hydrogens is 379 g/mol. The van der Waals surface area contributed by atoms with Crippen LogP contribution in [0.3, 0.4) is 0 Å². The second-order valence-electron chi connectivity index (χ2n) is 8.16. The fraction of sp³-hybridized carbons (Fsp3) is 0.947. The van der Waals surface area contributed by atoms with Crippen molar-refractivity contribution in [2.45, 2.75) is 85.1 Å². The Hall–Kier alpha value is -0.530. The highest BCUT2D eigenvalue weighted by molar-refractivity contribution is 6.18. The molecule has 1 heterocycles. The third-order valence-electron chi connectivity index (χ3n) is 4.03. The van der Waals surface area contributed by atoms with E-state index in [0.29, 0.717) is 25.2 Å². The van der Waals surface area contributed by atoms with Gasteiger partial charge >= 0.3 is 0 Å². The summed E-state index contributed by atoms with van der Waals surface area (Å²) in [5.74, 6) is -3.27. The molecule has 0 saturated carbocycles. The van der Waals surface area contributed by atoms with Crippen LogP contribution in [0.5, 0.6) is 0 Å². The lowest BCUT2D eigenvalue weighted by atomic mass is 9.97. The van der Waals surface area contributed by atoms with Crippen molar-refractivity contribution in [2.75, 3.05) is 32.6 Å². The maximum Gasteiger partial charge on any atom is 0.273 e. The van der Waals surface area contributed by atoms with Gasteiger partial charge < -0.3 is 10.2 Å². The summed E-state index contributed by atoms with van der Waals surface area (Å²) < 4.78 is 37.4. The summed E-state index contributed by atoms with van der Waals surface area (Å²) in [4.78, 5) is 14.3. The van der Waals surface area contributed by atoms with E-state index in [0.717, 1.165) is 0 Å². The van der Waals surface area contributed by atoms with Crippen LogP contribution in [0.1, 0.15) is 55.4 Å². The molecule has 1 saturated heterocycles. The number of likely N-dealkylation sites (tertiary alicyclic amines) is 1. The number of nitrogens with one attached hydrogen (secondary N) is 1. The van der Waals surface area contributed by atoms with Crippen LogP contribution < -0.4 is 5.32 Å². The zero-order chi connectivity index (χ0) is 22.0. The fourth-order valence-electron chi connectivity index (χ4n) is 1.93. The number of halogens is 4. The Bertz CT molecular complexity index is 411. The third-order valence-corrected chi connectivity index (χ3v) is 4.42. The number of hydrogen-bond acceptors (Lipinski definition) is 3. The normalized spacial score (nSPS) is 16.3. The molecule has 1 N–H and O–H groups in total. The van der Waals surface area contributed by atoms with E-state index in [1.165, 1.54) is 0 Å². The van der Waals surface area contributed by atoms with Gasteiger partial charge in [0, 0.05) is 45.2 Å². The molecule has 4 nitrogen and oxygen atoms in total. The van der Waals surface area contributed by atoms with E-state index < -0.39 is 17.5 Å². The van der Waals surface area contributed by atoms with Crippen LogP contribution in [0.4, 0.5) is 13.2 Å². The molecule has 0 aromatic rings. The first-order valence-corrected chi connectivity index (χ1v) is 9.91. The highest BCUT2D eigenvalue weighted by Gasteiger charge is 2.39. The van der Waals surface area contributed by atoms with Gasteiger partial charge in [-0.2, -0.15) is 0 Å². The van der Waals surface area contributed by atoms with Gasteiger partial charge in [0.05, 0.1) is 12.4 Å². The molecule has 0 bridgehead atoms. The average molecular weight is 418 g/mol. The van der Waals surface area contributed by atoms with Crippen molar-refractivity contribution in [3.05, 3.63) is 0 Å². The van der Waals surface area contributed by atoms with Crippen LogP contribution in [0, 0.1) is 0 Å². The van der Waals surface area contributed by atoms with Crippen molar-refractivity contribution in [1.82, 2.24) is 15.1 Å². The monoisotopic (exact) mass is 417 g/mol. The number of amides is 1. The molecule has 0 aliphatic carbocycles. The molecule has 1 rings (SSSR count). The van der Waals surface area contributed by atoms with Crippen LogP contribution in [0.25, 0.3) is 0 Å². The summed E-state index contributed by atoms with van der Waals surface area (Å²) in [5, 5.41) is 2.60. The van der Waals surface area contributed by atoms with Crippen molar-refractivity contribution < 1.29 is 18.0 Å². The van der Waals surface area contributed by atoms with Gasteiger partial charge in [-0.05, 0) is 34.6 Å². The average Bonchev–Trinajstić information content (AvgIpc) is 2.50. The van der Waals surface area contributed by atoms with Crippen molar-refractivity contribution in [3.8, 4) is 0 Å². The molecule has 1 fully saturated rings. The van der Waals surface area contributed by atoms with E-state index in [9.17, 15) is 18.0 Å². The molecule has 164 valence electrons. The first-order chi connectivity index (χ1) is 12.0. The van der Waals surface area contributed by atoms with Crippen LogP contribution in [0.2, 0.25) is 0 Å². The predicted octanol–water partition coefficient (Wildman–Crippen LogP) is 4.17. The summed E-state index contributed by atoms with van der Waals surface area (Å²) in [6, 6.07) is 0.912. The zero-order valence-corrected chi connectivity index (χ0v) is 19.1. The minimum absolute atomic E-state index is 0.0779. The first kappa shape index (κ1) is 28.7. The molecular formula is C19H39ClF3N3O. The summed E-state index contributed by atoms with van der Waals surface area (Å²) in [6.45, 7) is 15.9. The van der Waals surface area contributed by atoms with E-state index in [1.807, 2.05) is 27.7 Å². The van der Waals surface area contributed by atoms with Crippen LogP contribution in [-0.2, 0) is 4.79 Å². The minimum atomic E-state index is -2.77. The highest BCUT2D eigenvalue weighted by atomic mass is 35.5. The highest BCUT2D eigenvalue weighted by Crippen LogP contribution is 2.25. The molecule has 8 heteroatoms. The van der Waals surface area contributed by atoms with Gasteiger partial charge in [-0.25, -0.2) is 13.2 Å². The number of alkyl halides is 4. The predicted molar refractivity (Wildman–Crippen MR) is 109 cm³/mol. The quantitative estimate of drug-likeness (QED) is 0.659. The summed E-state index contributed by atoms with van der Waals surface area (Å²) >= 11 is 4.99. The van der Waals surface area contributed by atoms with Gasteiger partial charge in [0.2, 0.25) is 5.91 Å². The molecule has 0 atom stereocenters. The van der Waals surface area contributed by atoms with Gasteiger partial charge in [0.1, 0.15) is 5.67 Å². The topological polar surface area (TPSA) is 35.6 Å². The van der Waals surface area contributed by atoms with E-state index in [4.69, 9.17) is 11.6 Å². The van der Waals surface area contributed by atoms with Gasteiger partial charge in [-0.15, -0.1) is 11.6 Å². The van der Waals surface area contributed by atoms with E-state index >= 15 is 0 Å². The number of carbonyl (C=O) groups is 1. The van der Waals surface area contributed by atoms with Gasteiger partial charge in [-0.1, -0.05) is 13.8 Å². The lowest BCUT2D eigenvalue weighted by Crippen LogP contribution is -2.59. The van der Waals surface area contributed by atoms with Gasteiger partial charge in [-0.3, -0.25) is 9.69 Å². The Labute approximate surface area is 168 Å². The van der Waals surface area contributed by atoms with E-state index in [2.05, 4.69) is 24.1 Å². The molecule has 0 spiro atoms. The molecule has 27 heavy (non-hydrogen) atoms. The smallest absolute Gasteiger partial charge is 0.273 e. The van der Waals surface area contributed by atoms with Crippen LogP contribution >= 0.6 is 11.6 Å². The second kappa shape index (κ2) is 12.8. The van der Waals surface area contributed by atoms with Crippen molar-refractivity contribution in [1.29, 1.82) is 0 Å². The summed E-state index contributed by atoms with van der Waals surface area (Å²) in [7, 11) is 1.80. The van der Waals surface area contributed by atoms with Gasteiger partial charge in [0.25, 0.3) is 5.92 Å². The lowest BCUT2D eigenvalue weighted by Gasteiger charge is -2.44. The standard InChI is InChI=1S/C7H14FN.C6H12ClF2N.C6H13NO/c1-6(2)9-4-7(3,8)5-9;1-5(2)10-4-6(8,9)3-7;1-5(2)7(4)6(3)8/h6H,4-5H2,1-3H3;5,10H,3-4H2,1-2H3;5H,1-4H3. The molecule has 0 aromatic carbocycles. The van der Waals surface area contributed by atoms with Crippen molar-refractivity contribution >= 4 is 17.5 Å². The third kappa shape index (κ3) is 15.1. The fourth-order valence-corrected chi connectivity index (χ4v) is 2.02. The Morgan fingerprint density at radius 1 is 1.22 bits per heavy atom. The molecule has 1 amide bonds. The molecule has 0 aromatic heterocycles. The number of nitrogens with zero attached hydrogens (tertiary/aromatic N) is 2. The Morgan fingerprint density at radius 3 is 1.81 bits per heavy atom. The second-order valence-corrected chi connectivity index (χ2v) is 8.43. The summed E-state index contributed by atoms with van der Waals surface area (Å²) in [5.41, 5.74) is -0.899. The van der Waals surface area contributed by atoms with Crippen molar-refractivity contribution in [2.24, 2.45) is 0 Å². The van der Waals surface area contributed by atoms with Gasteiger partial charge in [0.15, 0.2) is 0 Å². The van der Waals surface area contributed by atoms with E-state index in [-0.39, 0.29) is 18.5 Å². The summed E-state index contributed by atoms with van der Waals surface area (Å²) in [6.07, 6.45) is 0. The van der Waals surface area contributed by atoms with E-state index in [1.54, 1.807) is 25.8 Å². The Morgan fingerprint density at radius 2 is 1.67 bits per heavy atom. The first-order valence-electron chi connectivity index (χ1n) is 9.38. The zero-order valence-electron chi connectivity index (χ0n) is 18.4. The number of rotatable bonds is 6. The Balaban J connectivity index is 0. The molecule has 1 aliphatic heterocycles. The van der Waals surface area contributed by atoms with Crippen LogP contribution in [-0.4, -0.2) is 78.0 Å². The number of hydrogen-bond donors (Lipinski definition) is 1. The number of carbonyl (C=O) groups excluding carboxylic acids is 1. The lowest BCUT2D eigenvalue weighted by molar-refractivity contribution is -0.128. The van der Waals surface area contributed by atoms with Crippen LogP contribution in [0.15, 0.2) is 0 Å². The Kier molecular flexibility index (Phi) is 13.6. The molecule has 0 radical (unpaired) electrons. The maximum absolute atomic E-state index is 12.8. The SMILES string of the molecule is CC(=O)N(C)C(C)C.CC(C)N1CC(C)(F)C1.CC(C)NCC(F)(F)CCl. The maximum atomic E-state index is 12.8. The largest absolute Gasteiger partial charge is 0.344 e.